The highest BCUT2D eigenvalue weighted by Crippen LogP contribution is 2.47. The van der Waals surface area contributed by atoms with Gasteiger partial charge in [-0.15, -0.1) is 0 Å². The molecule has 226 valence electrons. The van der Waals surface area contributed by atoms with E-state index in [-0.39, 0.29) is 11.3 Å². The zero-order valence-corrected chi connectivity index (χ0v) is 25.5. The molecule has 0 saturated heterocycles. The Labute approximate surface area is 274 Å². The Morgan fingerprint density at radius 2 is 1.23 bits per heavy atom. The highest BCUT2D eigenvalue weighted by Gasteiger charge is 2.43. The summed E-state index contributed by atoms with van der Waals surface area (Å²) < 4.78 is 3.75. The lowest BCUT2D eigenvalue weighted by atomic mass is 9.88. The SMILES string of the molecule is O=C1c2ccccc2N=C2C1c1ccccc1N2c1ccc(-c2ccc(-n3c4ccccc4n4c(=O)c5ccccc5nc34)cc2)cc1. The second-order valence-electron chi connectivity index (χ2n) is 12.2. The monoisotopic (exact) mass is 619 g/mol. The van der Waals surface area contributed by atoms with E-state index in [4.69, 9.17) is 9.98 Å². The molecule has 0 amide bonds. The van der Waals surface area contributed by atoms with Gasteiger partial charge in [0.05, 0.1) is 33.3 Å². The third-order valence-corrected chi connectivity index (χ3v) is 9.55. The Morgan fingerprint density at radius 1 is 0.583 bits per heavy atom. The first-order valence-corrected chi connectivity index (χ1v) is 15.9. The van der Waals surface area contributed by atoms with Gasteiger partial charge in [-0.1, -0.05) is 78.9 Å². The summed E-state index contributed by atoms with van der Waals surface area (Å²) in [5.74, 6) is 0.975. The molecule has 0 aliphatic carbocycles. The van der Waals surface area contributed by atoms with Gasteiger partial charge in [0, 0.05) is 16.9 Å². The van der Waals surface area contributed by atoms with Gasteiger partial charge in [-0.3, -0.25) is 19.1 Å². The lowest BCUT2D eigenvalue weighted by molar-refractivity contribution is 0.0982. The fraction of sp³-hybridized carbons (Fsp3) is 0.0244. The van der Waals surface area contributed by atoms with Gasteiger partial charge < -0.3 is 0 Å². The number of carbonyl (C=O) groups is 1. The molecule has 4 heterocycles. The van der Waals surface area contributed by atoms with E-state index in [1.165, 1.54) is 0 Å². The third kappa shape index (κ3) is 3.69. The molecule has 0 N–H and O–H groups in total. The molecule has 0 bridgehead atoms. The van der Waals surface area contributed by atoms with Crippen LogP contribution in [0.2, 0.25) is 0 Å². The molecule has 6 aromatic carbocycles. The number of amidine groups is 1. The van der Waals surface area contributed by atoms with Gasteiger partial charge in [-0.05, 0) is 83.4 Å². The van der Waals surface area contributed by atoms with Crippen molar-refractivity contribution in [1.29, 1.82) is 0 Å². The Hall–Kier alpha value is -6.60. The highest BCUT2D eigenvalue weighted by molar-refractivity contribution is 6.30. The van der Waals surface area contributed by atoms with E-state index in [1.54, 1.807) is 4.40 Å². The fourth-order valence-corrected chi connectivity index (χ4v) is 7.33. The minimum atomic E-state index is -0.424. The molecule has 0 saturated carbocycles. The molecular formula is C41H25N5O2. The number of carbonyl (C=O) groups excluding carboxylic acids is 1. The lowest BCUT2D eigenvalue weighted by Gasteiger charge is -2.25. The zero-order valence-electron chi connectivity index (χ0n) is 25.5. The summed E-state index contributed by atoms with van der Waals surface area (Å²) in [6.45, 7) is 0. The Bertz CT molecular complexity index is 2720. The van der Waals surface area contributed by atoms with Gasteiger partial charge in [-0.2, -0.15) is 0 Å². The van der Waals surface area contributed by atoms with E-state index < -0.39 is 5.92 Å². The van der Waals surface area contributed by atoms with Crippen LogP contribution in [0.15, 0.2) is 155 Å². The van der Waals surface area contributed by atoms with Gasteiger partial charge in [0.2, 0.25) is 5.78 Å². The summed E-state index contributed by atoms with van der Waals surface area (Å²) in [4.78, 5) is 39.3. The molecule has 0 radical (unpaired) electrons. The van der Waals surface area contributed by atoms with Crippen LogP contribution >= 0.6 is 0 Å². The van der Waals surface area contributed by atoms with E-state index in [2.05, 4.69) is 59.5 Å². The molecule has 7 heteroatoms. The molecule has 2 aromatic heterocycles. The van der Waals surface area contributed by atoms with Crippen LogP contribution in [0.4, 0.5) is 17.1 Å². The number of Topliss-reactive ketones (excluding diaryl/α,β-unsaturated/α-hetero) is 1. The molecule has 1 unspecified atom stereocenters. The summed E-state index contributed by atoms with van der Waals surface area (Å²) in [6, 6.07) is 47.7. The number of imidazole rings is 1. The number of ketones is 1. The number of benzene rings is 6. The van der Waals surface area contributed by atoms with Crippen LogP contribution in [-0.4, -0.2) is 25.6 Å². The number of aliphatic imine (C=N–C) groups is 1. The summed E-state index contributed by atoms with van der Waals surface area (Å²) in [5, 5.41) is 0.594. The quantitative estimate of drug-likeness (QED) is 0.199. The van der Waals surface area contributed by atoms with Crippen molar-refractivity contribution in [2.45, 2.75) is 5.92 Å². The number of rotatable bonds is 3. The predicted octanol–water partition coefficient (Wildman–Crippen LogP) is 8.62. The lowest BCUT2D eigenvalue weighted by Crippen LogP contribution is -2.30. The van der Waals surface area contributed by atoms with Gasteiger partial charge in [-0.25, -0.2) is 14.4 Å². The van der Waals surface area contributed by atoms with E-state index in [1.807, 2.05) is 95.6 Å². The van der Waals surface area contributed by atoms with Crippen molar-refractivity contribution in [1.82, 2.24) is 14.0 Å². The number of para-hydroxylation sites is 5. The van der Waals surface area contributed by atoms with Crippen LogP contribution in [0.3, 0.4) is 0 Å². The minimum Gasteiger partial charge on any atom is -0.297 e. The van der Waals surface area contributed by atoms with Gasteiger partial charge >= 0.3 is 0 Å². The van der Waals surface area contributed by atoms with Crippen molar-refractivity contribution in [3.63, 3.8) is 0 Å². The third-order valence-electron chi connectivity index (χ3n) is 9.55. The van der Waals surface area contributed by atoms with Crippen LogP contribution in [0.1, 0.15) is 21.8 Å². The number of fused-ring (bicyclic) bond motifs is 8. The number of hydrogen-bond donors (Lipinski definition) is 0. The largest absolute Gasteiger partial charge is 0.297 e. The van der Waals surface area contributed by atoms with Gasteiger partial charge in [0.1, 0.15) is 11.8 Å². The molecule has 8 aromatic rings. The fourth-order valence-electron chi connectivity index (χ4n) is 7.33. The van der Waals surface area contributed by atoms with Crippen molar-refractivity contribution >= 4 is 56.4 Å². The number of nitrogens with zero attached hydrogens (tertiary/aromatic N) is 5. The molecule has 2 aliphatic heterocycles. The zero-order chi connectivity index (χ0) is 31.9. The van der Waals surface area contributed by atoms with Crippen molar-refractivity contribution in [3.05, 3.63) is 167 Å². The van der Waals surface area contributed by atoms with E-state index >= 15 is 0 Å². The average molecular weight is 620 g/mol. The Balaban J connectivity index is 1.04. The second kappa shape index (κ2) is 9.95. The van der Waals surface area contributed by atoms with Crippen molar-refractivity contribution < 1.29 is 4.79 Å². The van der Waals surface area contributed by atoms with Gasteiger partial charge in [0.25, 0.3) is 5.56 Å². The molecule has 0 spiro atoms. The van der Waals surface area contributed by atoms with Crippen LogP contribution < -0.4 is 10.5 Å². The molecule has 48 heavy (non-hydrogen) atoms. The van der Waals surface area contributed by atoms with Crippen LogP contribution in [0, 0.1) is 0 Å². The molecule has 7 nitrogen and oxygen atoms in total. The Kier molecular flexibility index (Phi) is 5.51. The normalized spacial score (nSPS) is 15.1. The van der Waals surface area contributed by atoms with Crippen LogP contribution in [-0.2, 0) is 0 Å². The molecule has 10 rings (SSSR count). The predicted molar refractivity (Wildman–Crippen MR) is 190 cm³/mol. The standard InChI is InChI=1S/C41H25N5O2/c47-38-29-9-1-4-12-32(29)42-39-37(38)31-11-3-6-14-34(31)44(39)27-21-17-25(18-22-27)26-19-23-28(24-20-26)45-35-15-7-8-16-36(35)46-40(48)30-10-2-5-13-33(30)43-41(45)46/h1-24,37H. The number of aromatic nitrogens is 3. The average Bonchev–Trinajstić information content (AvgIpc) is 3.65. The molecular weight excluding hydrogens is 594 g/mol. The Morgan fingerprint density at radius 3 is 2.04 bits per heavy atom. The summed E-state index contributed by atoms with van der Waals surface area (Å²) >= 11 is 0. The van der Waals surface area contributed by atoms with E-state index in [0.717, 1.165) is 50.6 Å². The second-order valence-corrected chi connectivity index (χ2v) is 12.2. The van der Waals surface area contributed by atoms with Crippen LogP contribution in [0.5, 0.6) is 0 Å². The first kappa shape index (κ1) is 26.6. The summed E-state index contributed by atoms with van der Waals surface area (Å²) in [7, 11) is 0. The molecule has 0 fully saturated rings. The number of anilines is 2. The van der Waals surface area contributed by atoms with Gasteiger partial charge in [0.15, 0.2) is 5.78 Å². The minimum absolute atomic E-state index is 0.0815. The maximum absolute atomic E-state index is 13.7. The smallest absolute Gasteiger partial charge is 0.267 e. The maximum Gasteiger partial charge on any atom is 0.267 e. The van der Waals surface area contributed by atoms with E-state index in [0.29, 0.717) is 27.9 Å². The first-order valence-electron chi connectivity index (χ1n) is 15.9. The topological polar surface area (TPSA) is 72.0 Å². The summed E-state index contributed by atoms with van der Waals surface area (Å²) in [6.07, 6.45) is 0. The molecule has 1 atom stereocenters. The summed E-state index contributed by atoms with van der Waals surface area (Å²) in [5.41, 5.74) is 9.62. The van der Waals surface area contributed by atoms with Crippen LogP contribution in [0.25, 0.3) is 44.5 Å². The maximum atomic E-state index is 13.7. The first-order chi connectivity index (χ1) is 23.7. The van der Waals surface area contributed by atoms with E-state index in [9.17, 15) is 9.59 Å². The van der Waals surface area contributed by atoms with Crippen molar-refractivity contribution in [2.75, 3.05) is 4.90 Å². The molecule has 2 aliphatic rings. The number of hydrogen-bond acceptors (Lipinski definition) is 5. The van der Waals surface area contributed by atoms with Crippen molar-refractivity contribution in [2.24, 2.45) is 4.99 Å². The highest BCUT2D eigenvalue weighted by atomic mass is 16.1. The van der Waals surface area contributed by atoms with Crippen molar-refractivity contribution in [3.8, 4) is 16.8 Å².